The highest BCUT2D eigenvalue weighted by molar-refractivity contribution is 7.90. The Kier molecular flexibility index (Phi) is 14.1. The first-order chi connectivity index (χ1) is 6.41. The van der Waals surface area contributed by atoms with Crippen molar-refractivity contribution in [1.82, 2.24) is 0 Å². The van der Waals surface area contributed by atoms with E-state index in [9.17, 15) is 22.3 Å². The van der Waals surface area contributed by atoms with Gasteiger partial charge in [0.05, 0.1) is 25.0 Å². The van der Waals surface area contributed by atoms with E-state index in [1.807, 2.05) is 0 Å². The maximum absolute atomic E-state index is 10.6. The smallest absolute Gasteiger partial charge is 0.490 e. The molecular weight excluding hydrogens is 257 g/mol. The van der Waals surface area contributed by atoms with Gasteiger partial charge in [-0.1, -0.05) is 22.4 Å². The minimum Gasteiger partial charge on any atom is -0.617 e. The van der Waals surface area contributed by atoms with E-state index in [1.54, 1.807) is 25.0 Å². The molecule has 0 aromatic rings. The van der Waals surface area contributed by atoms with Gasteiger partial charge in [-0.05, 0) is 0 Å². The number of carboxylic acid groups (broad SMARTS) is 1. The topological polar surface area (TPSA) is 83.4 Å². The Hall–Kier alpha value is -0.120. The van der Waals surface area contributed by atoms with Crippen LogP contribution in [0, 0.1) is 0 Å². The highest BCUT2D eigenvalue weighted by atomic mass is 32.2. The number of hydrogen-bond acceptors (Lipinski definition) is 3. The molecule has 9 heteroatoms. The fourth-order valence-corrected chi connectivity index (χ4v) is 0. The summed E-state index contributed by atoms with van der Waals surface area (Å²) in [6, 6.07) is 0. The third-order valence-corrected chi connectivity index (χ3v) is 0.243. The molecular formula is C6H13F3O4S2. The van der Waals surface area contributed by atoms with Crippen molar-refractivity contribution >= 4 is 28.3 Å². The van der Waals surface area contributed by atoms with Crippen molar-refractivity contribution in [2.45, 2.75) is 6.18 Å². The molecule has 0 saturated carbocycles. The van der Waals surface area contributed by atoms with Crippen molar-refractivity contribution in [3.8, 4) is 0 Å². The van der Waals surface area contributed by atoms with E-state index in [0.717, 1.165) is 0 Å². The Morgan fingerprint density at radius 2 is 1.13 bits per heavy atom. The average Bonchev–Trinajstić information content (AvgIpc) is 1.80. The average molecular weight is 270 g/mol. The van der Waals surface area contributed by atoms with Gasteiger partial charge in [0.25, 0.3) is 0 Å². The quantitative estimate of drug-likeness (QED) is 0.654. The lowest BCUT2D eigenvalue weighted by Gasteiger charge is -1.93. The summed E-state index contributed by atoms with van der Waals surface area (Å²) in [6.07, 6.45) is 1.47. The Morgan fingerprint density at radius 3 is 1.13 bits per heavy atom. The van der Waals surface area contributed by atoms with Crippen LogP contribution in [0.25, 0.3) is 0 Å². The molecule has 0 unspecified atom stereocenters. The van der Waals surface area contributed by atoms with Gasteiger partial charge in [0.1, 0.15) is 0 Å². The van der Waals surface area contributed by atoms with Crippen molar-refractivity contribution in [1.29, 1.82) is 0 Å². The first-order valence-corrected chi connectivity index (χ1v) is 7.14. The van der Waals surface area contributed by atoms with Gasteiger partial charge in [-0.3, -0.25) is 0 Å². The second-order valence-electron chi connectivity index (χ2n) is 2.29. The first kappa shape index (κ1) is 20.3. The molecule has 94 valence electrons. The Morgan fingerprint density at radius 1 is 1.07 bits per heavy atom. The summed E-state index contributed by atoms with van der Waals surface area (Å²) in [7, 11) is 0. The van der Waals surface area contributed by atoms with Crippen molar-refractivity contribution in [2.24, 2.45) is 0 Å². The standard InChI is InChI=1S/C2HF3O2.2C2H6OS/c3-2(4,5)1(6)7;2*1-4(2)3/h(H,6,7);2*1-2H3. The molecule has 0 aromatic carbocycles. The molecule has 0 heterocycles. The predicted octanol–water partition coefficient (Wildman–Crippen LogP) is 0.623. The number of halogens is 3. The molecule has 0 amide bonds. The van der Waals surface area contributed by atoms with Gasteiger partial charge in [-0.2, -0.15) is 13.2 Å². The van der Waals surface area contributed by atoms with Gasteiger partial charge in [0.2, 0.25) is 0 Å². The highest BCUT2D eigenvalue weighted by Crippen LogP contribution is 2.13. The zero-order valence-corrected chi connectivity index (χ0v) is 10.3. The third kappa shape index (κ3) is 56.7. The Balaban J connectivity index is -0.000000155. The number of aliphatic carboxylic acids is 1. The third-order valence-electron chi connectivity index (χ3n) is 0.243. The van der Waals surface area contributed by atoms with Crippen LogP contribution in [-0.2, 0) is 27.1 Å². The van der Waals surface area contributed by atoms with Crippen LogP contribution in [0.2, 0.25) is 0 Å². The number of hydrogen-bond donors (Lipinski definition) is 1. The molecule has 1 N–H and O–H groups in total. The molecule has 15 heavy (non-hydrogen) atoms. The molecule has 0 atom stereocenters. The second kappa shape index (κ2) is 10.4. The minimum absolute atomic E-state index is 0.611. The predicted molar refractivity (Wildman–Crippen MR) is 53.7 cm³/mol. The van der Waals surface area contributed by atoms with E-state index in [1.165, 1.54) is 0 Å². The van der Waals surface area contributed by atoms with Gasteiger partial charge < -0.3 is 14.2 Å². The van der Waals surface area contributed by atoms with Crippen LogP contribution in [0.5, 0.6) is 0 Å². The van der Waals surface area contributed by atoms with Crippen LogP contribution in [0.4, 0.5) is 13.2 Å². The van der Waals surface area contributed by atoms with Crippen molar-refractivity contribution in [3.63, 3.8) is 0 Å². The van der Waals surface area contributed by atoms with Gasteiger partial charge in [-0.15, -0.1) is 0 Å². The fourth-order valence-electron chi connectivity index (χ4n) is 0. The van der Waals surface area contributed by atoms with Crippen LogP contribution >= 0.6 is 0 Å². The fraction of sp³-hybridized carbons (Fsp3) is 0.833. The van der Waals surface area contributed by atoms with Gasteiger partial charge >= 0.3 is 12.1 Å². The van der Waals surface area contributed by atoms with E-state index < -0.39 is 34.5 Å². The van der Waals surface area contributed by atoms with E-state index in [4.69, 9.17) is 9.90 Å². The zero-order chi connectivity index (χ0) is 13.2. The molecule has 4 nitrogen and oxygen atoms in total. The normalized spacial score (nSPS) is 10.1. The lowest BCUT2D eigenvalue weighted by Crippen LogP contribution is -2.21. The summed E-state index contributed by atoms with van der Waals surface area (Å²) in [4.78, 5) is 8.90. The van der Waals surface area contributed by atoms with Gasteiger partial charge in [-0.25, -0.2) is 4.79 Å². The molecule has 0 fully saturated rings. The molecule has 0 rings (SSSR count). The highest BCUT2D eigenvalue weighted by Gasteiger charge is 2.38. The maximum Gasteiger partial charge on any atom is 0.490 e. The Labute approximate surface area is 92.2 Å². The monoisotopic (exact) mass is 270 g/mol. The molecule has 0 aliphatic heterocycles. The molecule has 0 aliphatic rings. The largest absolute Gasteiger partial charge is 0.617 e. The molecule has 0 aliphatic carbocycles. The number of carboxylic acids is 1. The molecule has 0 radical (unpaired) electrons. The van der Waals surface area contributed by atoms with Crippen LogP contribution in [0.1, 0.15) is 0 Å². The number of rotatable bonds is 0. The van der Waals surface area contributed by atoms with Gasteiger partial charge in [0.15, 0.2) is 0 Å². The second-order valence-corrected chi connectivity index (χ2v) is 5.25. The van der Waals surface area contributed by atoms with E-state index in [0.29, 0.717) is 0 Å². The zero-order valence-electron chi connectivity index (χ0n) is 8.62. The molecule has 0 saturated heterocycles. The summed E-state index contributed by atoms with van der Waals surface area (Å²) in [5.74, 6) is -2.76. The Bertz CT molecular complexity index is 149. The van der Waals surface area contributed by atoms with E-state index >= 15 is 0 Å². The summed E-state index contributed by atoms with van der Waals surface area (Å²) in [5.41, 5.74) is 0. The summed E-state index contributed by atoms with van der Waals surface area (Å²) >= 11 is -1.22. The van der Waals surface area contributed by atoms with Gasteiger partial charge in [0, 0.05) is 0 Å². The first-order valence-electron chi connectivity index (χ1n) is 3.21. The van der Waals surface area contributed by atoms with Crippen LogP contribution < -0.4 is 0 Å². The van der Waals surface area contributed by atoms with Crippen LogP contribution in [0.15, 0.2) is 0 Å². The van der Waals surface area contributed by atoms with Crippen LogP contribution in [0.3, 0.4) is 0 Å². The van der Waals surface area contributed by atoms with E-state index in [-0.39, 0.29) is 0 Å². The number of carbonyl (C=O) groups is 1. The summed E-state index contributed by atoms with van der Waals surface area (Å²) in [5, 5.41) is 7.12. The molecule has 0 spiro atoms. The lowest BCUT2D eigenvalue weighted by atomic mass is 10.7. The van der Waals surface area contributed by atoms with Crippen LogP contribution in [-0.4, -0.2) is 51.4 Å². The number of alkyl halides is 3. The van der Waals surface area contributed by atoms with Crippen molar-refractivity contribution < 1.29 is 32.2 Å². The SMILES string of the molecule is C[S+](C)[O-].C[S+](C)[O-].O=C(O)C(F)(F)F. The minimum atomic E-state index is -5.08. The van der Waals surface area contributed by atoms with Crippen molar-refractivity contribution in [3.05, 3.63) is 0 Å². The summed E-state index contributed by atoms with van der Waals surface area (Å²) < 4.78 is 50.8. The van der Waals surface area contributed by atoms with E-state index in [2.05, 4.69) is 0 Å². The summed E-state index contributed by atoms with van der Waals surface area (Å²) in [6.45, 7) is 0. The lowest BCUT2D eigenvalue weighted by molar-refractivity contribution is -0.192. The maximum atomic E-state index is 10.6. The molecule has 0 aromatic heterocycles. The molecule has 0 bridgehead atoms. The van der Waals surface area contributed by atoms with Crippen molar-refractivity contribution in [2.75, 3.05) is 25.0 Å².